The Kier molecular flexibility index (Phi) is 4.21. The molecule has 0 saturated heterocycles. The second-order valence-electron chi connectivity index (χ2n) is 5.56. The second kappa shape index (κ2) is 6.30. The summed E-state index contributed by atoms with van der Waals surface area (Å²) in [5.41, 5.74) is 4.51. The molecule has 5 heteroatoms. The van der Waals surface area contributed by atoms with Crippen molar-refractivity contribution in [1.29, 1.82) is 0 Å². The fourth-order valence-electron chi connectivity index (χ4n) is 2.39. The number of aromatic nitrogens is 2. The molecule has 2 aromatic carbocycles. The molecule has 1 aromatic heterocycles. The lowest BCUT2D eigenvalue weighted by atomic mass is 10.1. The van der Waals surface area contributed by atoms with Crippen LogP contribution in [0.5, 0.6) is 0 Å². The normalized spacial score (nSPS) is 10.6. The van der Waals surface area contributed by atoms with E-state index in [1.54, 1.807) is 12.4 Å². The molecule has 0 radical (unpaired) electrons. The average molecular weight is 322 g/mol. The first kappa shape index (κ1) is 15.4. The zero-order chi connectivity index (χ0) is 16.4. The molecule has 3 rings (SSSR count). The Morgan fingerprint density at radius 3 is 2.61 bits per heavy atom. The number of hydrogen-bond acceptors (Lipinski definition) is 3. The SMILES string of the molecule is Cc1ccc(N(C)C(=S)Nc2cccc3cnncc23)cc1C. The zero-order valence-corrected chi connectivity index (χ0v) is 14.2. The molecule has 0 spiro atoms. The summed E-state index contributed by atoms with van der Waals surface area (Å²) in [5, 5.41) is 13.8. The lowest BCUT2D eigenvalue weighted by Crippen LogP contribution is -2.31. The van der Waals surface area contributed by atoms with Gasteiger partial charge < -0.3 is 10.2 Å². The Bertz CT molecular complexity index is 871. The van der Waals surface area contributed by atoms with Crippen LogP contribution in [0.15, 0.2) is 48.8 Å². The Hall–Kier alpha value is -2.53. The van der Waals surface area contributed by atoms with Gasteiger partial charge in [-0.25, -0.2) is 0 Å². The van der Waals surface area contributed by atoms with E-state index >= 15 is 0 Å². The van der Waals surface area contributed by atoms with Crippen molar-refractivity contribution >= 4 is 39.5 Å². The van der Waals surface area contributed by atoms with E-state index in [2.05, 4.69) is 47.6 Å². The minimum Gasteiger partial charge on any atom is -0.332 e. The van der Waals surface area contributed by atoms with Gasteiger partial charge in [0, 0.05) is 29.2 Å². The highest BCUT2D eigenvalue weighted by Gasteiger charge is 2.10. The van der Waals surface area contributed by atoms with Crippen LogP contribution in [0.2, 0.25) is 0 Å². The van der Waals surface area contributed by atoms with Crippen molar-refractivity contribution in [3.8, 4) is 0 Å². The first-order chi connectivity index (χ1) is 11.1. The predicted octanol–water partition coefficient (Wildman–Crippen LogP) is 4.08. The number of benzene rings is 2. The Morgan fingerprint density at radius 1 is 1.04 bits per heavy atom. The van der Waals surface area contributed by atoms with Crippen LogP contribution in [-0.4, -0.2) is 22.4 Å². The maximum Gasteiger partial charge on any atom is 0.177 e. The van der Waals surface area contributed by atoms with Gasteiger partial charge in [-0.1, -0.05) is 18.2 Å². The van der Waals surface area contributed by atoms with Gasteiger partial charge in [-0.05, 0) is 55.4 Å². The molecule has 0 atom stereocenters. The van der Waals surface area contributed by atoms with Crippen LogP contribution in [0.1, 0.15) is 11.1 Å². The molecule has 0 fully saturated rings. The van der Waals surface area contributed by atoms with E-state index in [-0.39, 0.29) is 0 Å². The smallest absolute Gasteiger partial charge is 0.177 e. The van der Waals surface area contributed by atoms with Crippen LogP contribution in [0.25, 0.3) is 10.8 Å². The third-order valence-electron chi connectivity index (χ3n) is 4.01. The highest BCUT2D eigenvalue weighted by atomic mass is 32.1. The van der Waals surface area contributed by atoms with Crippen molar-refractivity contribution in [2.24, 2.45) is 0 Å². The summed E-state index contributed by atoms with van der Waals surface area (Å²) in [5.74, 6) is 0. The minimum atomic E-state index is 0.637. The number of nitrogens with one attached hydrogen (secondary N) is 1. The van der Waals surface area contributed by atoms with Crippen molar-refractivity contribution in [3.05, 3.63) is 59.9 Å². The van der Waals surface area contributed by atoms with E-state index in [0.29, 0.717) is 5.11 Å². The van der Waals surface area contributed by atoms with Crippen molar-refractivity contribution < 1.29 is 0 Å². The third-order valence-corrected chi connectivity index (χ3v) is 4.39. The molecular weight excluding hydrogens is 304 g/mol. The summed E-state index contributed by atoms with van der Waals surface area (Å²) in [4.78, 5) is 1.97. The van der Waals surface area contributed by atoms with Gasteiger partial charge in [-0.2, -0.15) is 10.2 Å². The summed E-state index contributed by atoms with van der Waals surface area (Å²) >= 11 is 5.56. The molecule has 0 bridgehead atoms. The van der Waals surface area contributed by atoms with Crippen molar-refractivity contribution in [1.82, 2.24) is 10.2 Å². The van der Waals surface area contributed by atoms with Gasteiger partial charge in [0.2, 0.25) is 0 Å². The lowest BCUT2D eigenvalue weighted by molar-refractivity contribution is 1.05. The lowest BCUT2D eigenvalue weighted by Gasteiger charge is -2.22. The average Bonchev–Trinajstić information content (AvgIpc) is 2.57. The van der Waals surface area contributed by atoms with Gasteiger partial charge in [-0.15, -0.1) is 0 Å². The largest absolute Gasteiger partial charge is 0.332 e. The maximum atomic E-state index is 5.56. The van der Waals surface area contributed by atoms with Crippen LogP contribution >= 0.6 is 12.2 Å². The van der Waals surface area contributed by atoms with E-state index in [1.165, 1.54) is 11.1 Å². The fourth-order valence-corrected chi connectivity index (χ4v) is 2.60. The number of rotatable bonds is 2. The summed E-state index contributed by atoms with van der Waals surface area (Å²) < 4.78 is 0. The zero-order valence-electron chi connectivity index (χ0n) is 13.4. The van der Waals surface area contributed by atoms with Crippen molar-refractivity contribution in [2.45, 2.75) is 13.8 Å². The van der Waals surface area contributed by atoms with E-state index < -0.39 is 0 Å². The highest BCUT2D eigenvalue weighted by Crippen LogP contribution is 2.23. The Balaban J connectivity index is 1.86. The van der Waals surface area contributed by atoms with Crippen LogP contribution in [0, 0.1) is 13.8 Å². The molecule has 23 heavy (non-hydrogen) atoms. The van der Waals surface area contributed by atoms with Crippen molar-refractivity contribution in [2.75, 3.05) is 17.3 Å². The van der Waals surface area contributed by atoms with Crippen LogP contribution in [0.3, 0.4) is 0 Å². The molecule has 0 aliphatic rings. The fraction of sp³-hybridized carbons (Fsp3) is 0.167. The molecule has 0 unspecified atom stereocenters. The summed E-state index contributed by atoms with van der Waals surface area (Å²) in [6.07, 6.45) is 3.49. The molecule has 1 N–H and O–H groups in total. The molecule has 0 amide bonds. The van der Waals surface area contributed by atoms with Crippen LogP contribution < -0.4 is 10.2 Å². The van der Waals surface area contributed by atoms with E-state index in [4.69, 9.17) is 12.2 Å². The number of hydrogen-bond donors (Lipinski definition) is 1. The Morgan fingerprint density at radius 2 is 1.83 bits per heavy atom. The highest BCUT2D eigenvalue weighted by molar-refractivity contribution is 7.80. The molecular formula is C18H18N4S. The van der Waals surface area contributed by atoms with Gasteiger partial charge in [0.1, 0.15) is 0 Å². The minimum absolute atomic E-state index is 0.637. The van der Waals surface area contributed by atoms with Crippen LogP contribution in [0.4, 0.5) is 11.4 Å². The topological polar surface area (TPSA) is 41.0 Å². The summed E-state index contributed by atoms with van der Waals surface area (Å²) in [7, 11) is 1.96. The van der Waals surface area contributed by atoms with Crippen LogP contribution in [-0.2, 0) is 0 Å². The number of nitrogens with zero attached hydrogens (tertiary/aromatic N) is 3. The van der Waals surface area contributed by atoms with Gasteiger partial charge in [0.05, 0.1) is 12.4 Å². The number of fused-ring (bicyclic) bond motifs is 1. The van der Waals surface area contributed by atoms with Gasteiger partial charge >= 0.3 is 0 Å². The number of aryl methyl sites for hydroxylation is 2. The molecule has 0 aliphatic heterocycles. The quantitative estimate of drug-likeness (QED) is 0.720. The second-order valence-corrected chi connectivity index (χ2v) is 5.94. The third kappa shape index (κ3) is 3.14. The van der Waals surface area contributed by atoms with Crippen molar-refractivity contribution in [3.63, 3.8) is 0 Å². The van der Waals surface area contributed by atoms with E-state index in [9.17, 15) is 0 Å². The monoisotopic (exact) mass is 322 g/mol. The molecule has 4 nitrogen and oxygen atoms in total. The predicted molar refractivity (Wildman–Crippen MR) is 100 cm³/mol. The number of thiocarbonyl (C=S) groups is 1. The molecule has 116 valence electrons. The Labute approximate surface area is 141 Å². The van der Waals surface area contributed by atoms with Gasteiger partial charge in [0.15, 0.2) is 5.11 Å². The number of anilines is 2. The molecule has 1 heterocycles. The van der Waals surface area contributed by atoms with Gasteiger partial charge in [-0.3, -0.25) is 0 Å². The molecule has 3 aromatic rings. The van der Waals surface area contributed by atoms with Gasteiger partial charge in [0.25, 0.3) is 0 Å². The summed E-state index contributed by atoms with van der Waals surface area (Å²) in [6, 6.07) is 12.3. The van der Waals surface area contributed by atoms with E-state index in [1.807, 2.05) is 30.1 Å². The van der Waals surface area contributed by atoms with E-state index in [0.717, 1.165) is 22.1 Å². The first-order valence-electron chi connectivity index (χ1n) is 7.37. The first-order valence-corrected chi connectivity index (χ1v) is 7.78. The molecule has 0 aliphatic carbocycles. The maximum absolute atomic E-state index is 5.56. The summed E-state index contributed by atoms with van der Waals surface area (Å²) in [6.45, 7) is 4.21. The standard InChI is InChI=1S/C18H18N4S/c1-12-7-8-15(9-13(12)2)22(3)18(23)21-17-6-4-5-14-10-19-20-11-16(14)17/h4-11H,1-3H3,(H,21,23). The molecule has 0 saturated carbocycles.